The van der Waals surface area contributed by atoms with Crippen LogP contribution >= 0.6 is 11.3 Å². The maximum Gasteiger partial charge on any atom is 0.147 e. The van der Waals surface area contributed by atoms with Crippen LogP contribution in [-0.4, -0.2) is 21.0 Å². The molecule has 0 aliphatic rings. The zero-order valence-electron chi connectivity index (χ0n) is 11.8. The first-order valence-corrected chi connectivity index (χ1v) is 7.66. The van der Waals surface area contributed by atoms with Crippen LogP contribution in [0.2, 0.25) is 0 Å². The molecule has 0 saturated heterocycles. The summed E-state index contributed by atoms with van der Waals surface area (Å²) < 4.78 is 1.09. The van der Waals surface area contributed by atoms with E-state index in [1.165, 1.54) is 10.4 Å². The summed E-state index contributed by atoms with van der Waals surface area (Å²) in [4.78, 5) is 14.0. The molecule has 0 amide bonds. The van der Waals surface area contributed by atoms with Crippen molar-refractivity contribution in [1.29, 1.82) is 0 Å². The molecule has 0 aromatic carbocycles. The first kappa shape index (κ1) is 13.9. The van der Waals surface area contributed by atoms with Crippen LogP contribution in [0.1, 0.15) is 17.4 Å². The fourth-order valence-electron chi connectivity index (χ4n) is 2.13. The molecule has 0 aliphatic heterocycles. The molecule has 0 spiro atoms. The van der Waals surface area contributed by atoms with Crippen molar-refractivity contribution in [3.05, 3.63) is 47.4 Å². The lowest BCUT2D eigenvalue weighted by atomic mass is 10.2. The summed E-state index contributed by atoms with van der Waals surface area (Å²) in [5.74, 6) is 0.873. The number of hydrogen-bond acceptors (Lipinski definition) is 6. The first-order valence-electron chi connectivity index (χ1n) is 6.84. The van der Waals surface area contributed by atoms with Crippen molar-refractivity contribution in [2.24, 2.45) is 5.73 Å². The zero-order valence-corrected chi connectivity index (χ0v) is 12.6. The highest BCUT2D eigenvalue weighted by atomic mass is 32.1. The lowest BCUT2D eigenvalue weighted by molar-refractivity contribution is 0.747. The van der Waals surface area contributed by atoms with Crippen molar-refractivity contribution in [2.45, 2.75) is 25.9 Å². The molecule has 0 radical (unpaired) electrons. The molecule has 1 unspecified atom stereocenters. The first-order chi connectivity index (χ1) is 10.2. The minimum Gasteiger partial charge on any atom is -0.365 e. The van der Waals surface area contributed by atoms with Crippen LogP contribution < -0.4 is 11.1 Å². The van der Waals surface area contributed by atoms with Gasteiger partial charge in [0.1, 0.15) is 12.1 Å². The van der Waals surface area contributed by atoms with Crippen LogP contribution in [-0.2, 0) is 13.0 Å². The lowest BCUT2D eigenvalue weighted by Crippen LogP contribution is -2.16. The number of anilines is 1. The van der Waals surface area contributed by atoms with Gasteiger partial charge in [0.2, 0.25) is 0 Å². The van der Waals surface area contributed by atoms with Crippen LogP contribution in [0, 0.1) is 0 Å². The summed E-state index contributed by atoms with van der Waals surface area (Å²) in [6.45, 7) is 2.73. The van der Waals surface area contributed by atoms with Crippen LogP contribution in [0.5, 0.6) is 0 Å². The minimum atomic E-state index is 0.152. The quantitative estimate of drug-likeness (QED) is 0.757. The molecule has 0 fully saturated rings. The number of pyridine rings is 1. The van der Waals surface area contributed by atoms with Gasteiger partial charge in [-0.3, -0.25) is 4.98 Å². The van der Waals surface area contributed by atoms with E-state index in [1.807, 2.05) is 19.1 Å². The average Bonchev–Trinajstić information content (AvgIpc) is 2.88. The van der Waals surface area contributed by atoms with E-state index >= 15 is 0 Å². The highest BCUT2D eigenvalue weighted by Crippen LogP contribution is 2.29. The van der Waals surface area contributed by atoms with Gasteiger partial charge in [0.05, 0.1) is 10.2 Å². The van der Waals surface area contributed by atoms with Gasteiger partial charge in [-0.1, -0.05) is 0 Å². The Morgan fingerprint density at radius 1 is 1.29 bits per heavy atom. The number of aromatic nitrogens is 3. The van der Waals surface area contributed by atoms with Crippen molar-refractivity contribution in [1.82, 2.24) is 15.0 Å². The molecule has 3 aromatic heterocycles. The topological polar surface area (TPSA) is 76.7 Å². The molecule has 3 aromatic rings. The third kappa shape index (κ3) is 3.34. The SMILES string of the molecule is CC(N)Cc1cc2ncnc(NCc3ccncc3)c2s1. The molecule has 3 heterocycles. The molecule has 21 heavy (non-hydrogen) atoms. The number of thiophene rings is 1. The van der Waals surface area contributed by atoms with E-state index < -0.39 is 0 Å². The van der Waals surface area contributed by atoms with Crippen molar-refractivity contribution >= 4 is 27.4 Å². The summed E-state index contributed by atoms with van der Waals surface area (Å²) >= 11 is 1.71. The summed E-state index contributed by atoms with van der Waals surface area (Å²) in [5, 5.41) is 3.37. The molecule has 108 valence electrons. The average molecular weight is 299 g/mol. The Bertz CT molecular complexity index is 723. The van der Waals surface area contributed by atoms with E-state index in [0.29, 0.717) is 0 Å². The van der Waals surface area contributed by atoms with Gasteiger partial charge < -0.3 is 11.1 Å². The third-order valence-electron chi connectivity index (χ3n) is 3.09. The molecule has 3 rings (SSSR count). The highest BCUT2D eigenvalue weighted by molar-refractivity contribution is 7.19. The van der Waals surface area contributed by atoms with Gasteiger partial charge in [-0.15, -0.1) is 11.3 Å². The molecule has 0 bridgehead atoms. The molecule has 0 saturated carbocycles. The molecular formula is C15H17N5S. The molecule has 3 N–H and O–H groups in total. The van der Waals surface area contributed by atoms with E-state index in [1.54, 1.807) is 30.1 Å². The van der Waals surface area contributed by atoms with Gasteiger partial charge >= 0.3 is 0 Å². The van der Waals surface area contributed by atoms with Gasteiger partial charge in [-0.2, -0.15) is 0 Å². The van der Waals surface area contributed by atoms with Gasteiger partial charge in [0.25, 0.3) is 0 Å². The largest absolute Gasteiger partial charge is 0.365 e. The fourth-order valence-corrected chi connectivity index (χ4v) is 3.35. The second-order valence-electron chi connectivity index (χ2n) is 5.04. The highest BCUT2D eigenvalue weighted by Gasteiger charge is 2.09. The summed E-state index contributed by atoms with van der Waals surface area (Å²) in [5.41, 5.74) is 8.01. The molecule has 1 atom stereocenters. The predicted molar refractivity (Wildman–Crippen MR) is 86.3 cm³/mol. The van der Waals surface area contributed by atoms with Crippen LogP contribution in [0.25, 0.3) is 10.2 Å². The Balaban J connectivity index is 1.83. The minimum absolute atomic E-state index is 0.152. The van der Waals surface area contributed by atoms with Crippen LogP contribution in [0.15, 0.2) is 36.9 Å². The van der Waals surface area contributed by atoms with Gasteiger partial charge in [-0.05, 0) is 37.1 Å². The monoisotopic (exact) mass is 299 g/mol. The maximum atomic E-state index is 5.87. The molecular weight excluding hydrogens is 282 g/mol. The van der Waals surface area contributed by atoms with E-state index in [-0.39, 0.29) is 6.04 Å². The van der Waals surface area contributed by atoms with Crippen LogP contribution in [0.3, 0.4) is 0 Å². The van der Waals surface area contributed by atoms with Gasteiger partial charge in [0, 0.05) is 29.9 Å². The maximum absolute atomic E-state index is 5.87. The third-order valence-corrected chi connectivity index (χ3v) is 4.25. The molecule has 6 heteroatoms. The Kier molecular flexibility index (Phi) is 4.08. The number of rotatable bonds is 5. The Morgan fingerprint density at radius 2 is 2.10 bits per heavy atom. The van der Waals surface area contributed by atoms with Crippen molar-refractivity contribution in [3.8, 4) is 0 Å². The fraction of sp³-hybridized carbons (Fsp3) is 0.267. The Morgan fingerprint density at radius 3 is 2.86 bits per heavy atom. The van der Waals surface area contributed by atoms with Gasteiger partial charge in [0.15, 0.2) is 0 Å². The zero-order chi connectivity index (χ0) is 14.7. The van der Waals surface area contributed by atoms with E-state index in [0.717, 1.165) is 29.0 Å². The van der Waals surface area contributed by atoms with Crippen LogP contribution in [0.4, 0.5) is 5.82 Å². The Labute approximate surface area is 127 Å². The van der Waals surface area contributed by atoms with Crippen molar-refractivity contribution in [2.75, 3.05) is 5.32 Å². The number of nitrogens with one attached hydrogen (secondary N) is 1. The smallest absolute Gasteiger partial charge is 0.147 e. The number of hydrogen-bond donors (Lipinski definition) is 2. The van der Waals surface area contributed by atoms with Crippen molar-refractivity contribution < 1.29 is 0 Å². The van der Waals surface area contributed by atoms with E-state index in [2.05, 4.69) is 26.3 Å². The summed E-state index contributed by atoms with van der Waals surface area (Å²) in [7, 11) is 0. The van der Waals surface area contributed by atoms with E-state index in [9.17, 15) is 0 Å². The second-order valence-corrected chi connectivity index (χ2v) is 6.18. The lowest BCUT2D eigenvalue weighted by Gasteiger charge is -2.05. The summed E-state index contributed by atoms with van der Waals surface area (Å²) in [6, 6.07) is 6.23. The van der Waals surface area contributed by atoms with E-state index in [4.69, 9.17) is 5.73 Å². The number of nitrogens with zero attached hydrogens (tertiary/aromatic N) is 3. The Hall–Kier alpha value is -2.05. The molecule has 5 nitrogen and oxygen atoms in total. The number of fused-ring (bicyclic) bond motifs is 1. The summed E-state index contributed by atoms with van der Waals surface area (Å²) in [6.07, 6.45) is 6.04. The second kappa shape index (κ2) is 6.15. The normalized spacial score (nSPS) is 12.5. The molecule has 0 aliphatic carbocycles. The number of nitrogens with two attached hydrogens (primary N) is 1. The van der Waals surface area contributed by atoms with Crippen molar-refractivity contribution in [3.63, 3.8) is 0 Å². The standard InChI is InChI=1S/C15H17N5S/c1-10(16)6-12-7-13-14(21-12)15(20-9-19-13)18-8-11-2-4-17-5-3-11/h2-5,7,9-10H,6,8,16H2,1H3,(H,18,19,20). The predicted octanol–water partition coefficient (Wildman–Crippen LogP) is 2.59. The van der Waals surface area contributed by atoms with Gasteiger partial charge in [-0.25, -0.2) is 9.97 Å².